The minimum absolute atomic E-state index is 0.115. The molecule has 0 aliphatic rings. The molecule has 0 aliphatic carbocycles. The Balaban J connectivity index is 2.19. The highest BCUT2D eigenvalue weighted by atomic mass is 16.5. The first-order valence-corrected chi connectivity index (χ1v) is 6.09. The van der Waals surface area contributed by atoms with Crippen molar-refractivity contribution in [2.24, 2.45) is 5.73 Å². The highest BCUT2D eigenvalue weighted by Crippen LogP contribution is 2.24. The van der Waals surface area contributed by atoms with Gasteiger partial charge >= 0.3 is 0 Å². The van der Waals surface area contributed by atoms with Gasteiger partial charge in [-0.2, -0.15) is 5.10 Å². The van der Waals surface area contributed by atoms with Gasteiger partial charge < -0.3 is 10.5 Å². The van der Waals surface area contributed by atoms with Gasteiger partial charge in [0, 0.05) is 17.8 Å². The predicted octanol–water partition coefficient (Wildman–Crippen LogP) is 2.63. The maximum Gasteiger partial charge on any atom is 0.140 e. The lowest BCUT2D eigenvalue weighted by Gasteiger charge is -2.14. The molecule has 0 saturated carbocycles. The summed E-state index contributed by atoms with van der Waals surface area (Å²) in [4.78, 5) is 0. The third kappa shape index (κ3) is 2.54. The summed E-state index contributed by atoms with van der Waals surface area (Å²) in [6.07, 6.45) is -0.115. The molecule has 1 aromatic heterocycles. The van der Waals surface area contributed by atoms with E-state index in [0.29, 0.717) is 6.54 Å². The number of hydrogen-bond acceptors (Lipinski definition) is 3. The first-order chi connectivity index (χ1) is 8.61. The number of H-pyrrole nitrogens is 1. The lowest BCUT2D eigenvalue weighted by molar-refractivity contribution is 0.220. The first kappa shape index (κ1) is 12.6. The fraction of sp³-hybridized carbons (Fsp3) is 0.357. The SMILES string of the molecule is Cc1cccc(OC(C)c2n[nH]c(C)c2CN)c1. The number of rotatable bonds is 4. The monoisotopic (exact) mass is 245 g/mol. The van der Waals surface area contributed by atoms with Crippen LogP contribution in [-0.4, -0.2) is 10.2 Å². The van der Waals surface area contributed by atoms with Crippen molar-refractivity contribution in [2.75, 3.05) is 0 Å². The number of aryl methyl sites for hydroxylation is 2. The molecule has 1 atom stereocenters. The molecule has 0 radical (unpaired) electrons. The van der Waals surface area contributed by atoms with Crippen molar-refractivity contribution >= 4 is 0 Å². The average molecular weight is 245 g/mol. The average Bonchev–Trinajstić information content (AvgIpc) is 2.70. The van der Waals surface area contributed by atoms with Crippen molar-refractivity contribution in [1.29, 1.82) is 0 Å². The van der Waals surface area contributed by atoms with E-state index in [2.05, 4.69) is 10.2 Å². The molecule has 0 fully saturated rings. The van der Waals surface area contributed by atoms with Crippen molar-refractivity contribution in [3.63, 3.8) is 0 Å². The quantitative estimate of drug-likeness (QED) is 0.870. The van der Waals surface area contributed by atoms with Gasteiger partial charge in [0.2, 0.25) is 0 Å². The van der Waals surface area contributed by atoms with Crippen LogP contribution < -0.4 is 10.5 Å². The highest BCUT2D eigenvalue weighted by molar-refractivity contribution is 5.30. The van der Waals surface area contributed by atoms with E-state index in [1.807, 2.05) is 45.0 Å². The van der Waals surface area contributed by atoms with E-state index in [-0.39, 0.29) is 6.10 Å². The van der Waals surface area contributed by atoms with Crippen LogP contribution in [0, 0.1) is 13.8 Å². The van der Waals surface area contributed by atoms with Crippen LogP contribution in [-0.2, 0) is 6.54 Å². The van der Waals surface area contributed by atoms with Crippen LogP contribution in [0.2, 0.25) is 0 Å². The van der Waals surface area contributed by atoms with Crippen molar-refractivity contribution < 1.29 is 4.74 Å². The Kier molecular flexibility index (Phi) is 3.67. The number of aromatic amines is 1. The predicted molar refractivity (Wildman–Crippen MR) is 71.4 cm³/mol. The Hall–Kier alpha value is -1.81. The van der Waals surface area contributed by atoms with E-state index < -0.39 is 0 Å². The maximum absolute atomic E-state index is 5.90. The molecule has 3 N–H and O–H groups in total. The molecular formula is C14H19N3O. The number of ether oxygens (including phenoxy) is 1. The van der Waals surface area contributed by atoms with Crippen LogP contribution in [0.5, 0.6) is 5.75 Å². The van der Waals surface area contributed by atoms with E-state index >= 15 is 0 Å². The summed E-state index contributed by atoms with van der Waals surface area (Å²) in [6.45, 7) is 6.47. The highest BCUT2D eigenvalue weighted by Gasteiger charge is 2.16. The molecule has 1 unspecified atom stereocenters. The number of nitrogens with two attached hydrogens (primary N) is 1. The second-order valence-corrected chi connectivity index (χ2v) is 4.49. The van der Waals surface area contributed by atoms with E-state index in [0.717, 1.165) is 22.7 Å². The normalized spacial score (nSPS) is 12.4. The van der Waals surface area contributed by atoms with Gasteiger partial charge in [0.15, 0.2) is 0 Å². The van der Waals surface area contributed by atoms with Gasteiger partial charge in [0.05, 0.1) is 0 Å². The topological polar surface area (TPSA) is 63.9 Å². The number of aromatic nitrogens is 2. The molecule has 1 heterocycles. The zero-order chi connectivity index (χ0) is 13.1. The minimum atomic E-state index is -0.115. The molecule has 4 heteroatoms. The van der Waals surface area contributed by atoms with Gasteiger partial charge in [-0.25, -0.2) is 0 Å². The van der Waals surface area contributed by atoms with Crippen molar-refractivity contribution in [1.82, 2.24) is 10.2 Å². The van der Waals surface area contributed by atoms with Crippen LogP contribution >= 0.6 is 0 Å². The molecule has 0 bridgehead atoms. The Bertz CT molecular complexity index is 534. The largest absolute Gasteiger partial charge is 0.484 e. The fourth-order valence-electron chi connectivity index (χ4n) is 2.01. The summed E-state index contributed by atoms with van der Waals surface area (Å²) in [5, 5.41) is 7.23. The zero-order valence-electron chi connectivity index (χ0n) is 11.0. The molecule has 18 heavy (non-hydrogen) atoms. The van der Waals surface area contributed by atoms with Gasteiger partial charge in [0.25, 0.3) is 0 Å². The molecule has 0 spiro atoms. The second-order valence-electron chi connectivity index (χ2n) is 4.49. The summed E-state index contributed by atoms with van der Waals surface area (Å²) in [6, 6.07) is 7.99. The standard InChI is InChI=1S/C14H19N3O/c1-9-5-4-6-12(7-9)18-11(3)14-13(8-15)10(2)16-17-14/h4-7,11H,8,15H2,1-3H3,(H,16,17). The molecule has 4 nitrogen and oxygen atoms in total. The third-order valence-corrected chi connectivity index (χ3v) is 3.00. The van der Waals surface area contributed by atoms with Gasteiger partial charge in [0.1, 0.15) is 17.5 Å². The molecular weight excluding hydrogens is 226 g/mol. The zero-order valence-corrected chi connectivity index (χ0v) is 11.0. The van der Waals surface area contributed by atoms with Crippen LogP contribution in [0.15, 0.2) is 24.3 Å². The van der Waals surface area contributed by atoms with E-state index in [1.165, 1.54) is 5.56 Å². The van der Waals surface area contributed by atoms with Gasteiger partial charge in [-0.15, -0.1) is 0 Å². The Morgan fingerprint density at radius 1 is 1.39 bits per heavy atom. The lowest BCUT2D eigenvalue weighted by atomic mass is 10.1. The first-order valence-electron chi connectivity index (χ1n) is 6.09. The third-order valence-electron chi connectivity index (χ3n) is 3.00. The Morgan fingerprint density at radius 3 is 2.83 bits per heavy atom. The number of nitrogens with one attached hydrogen (secondary N) is 1. The maximum atomic E-state index is 5.90. The summed E-state index contributed by atoms with van der Waals surface area (Å²) >= 11 is 0. The number of hydrogen-bond donors (Lipinski definition) is 2. The molecule has 1 aromatic carbocycles. The Labute approximate surface area is 107 Å². The number of nitrogens with zero attached hydrogens (tertiary/aromatic N) is 1. The minimum Gasteiger partial charge on any atom is -0.484 e. The van der Waals surface area contributed by atoms with Crippen LogP contribution in [0.3, 0.4) is 0 Å². The molecule has 0 amide bonds. The smallest absolute Gasteiger partial charge is 0.140 e. The molecule has 2 rings (SSSR count). The second kappa shape index (κ2) is 5.23. The number of benzene rings is 1. The van der Waals surface area contributed by atoms with Crippen LogP contribution in [0.25, 0.3) is 0 Å². The van der Waals surface area contributed by atoms with E-state index in [4.69, 9.17) is 10.5 Å². The Morgan fingerprint density at radius 2 is 2.17 bits per heavy atom. The molecule has 0 aliphatic heterocycles. The van der Waals surface area contributed by atoms with Crippen LogP contribution in [0.4, 0.5) is 0 Å². The van der Waals surface area contributed by atoms with Crippen molar-refractivity contribution in [3.05, 3.63) is 46.8 Å². The van der Waals surface area contributed by atoms with Crippen LogP contribution in [0.1, 0.15) is 35.5 Å². The fourth-order valence-corrected chi connectivity index (χ4v) is 2.01. The summed E-state index contributed by atoms with van der Waals surface area (Å²) in [5.41, 5.74) is 9.84. The summed E-state index contributed by atoms with van der Waals surface area (Å²) in [5.74, 6) is 0.853. The summed E-state index contributed by atoms with van der Waals surface area (Å²) < 4.78 is 5.90. The molecule has 2 aromatic rings. The molecule has 96 valence electrons. The molecule has 0 saturated heterocycles. The lowest BCUT2D eigenvalue weighted by Crippen LogP contribution is -2.09. The van der Waals surface area contributed by atoms with E-state index in [9.17, 15) is 0 Å². The van der Waals surface area contributed by atoms with Crippen molar-refractivity contribution in [2.45, 2.75) is 33.4 Å². The van der Waals surface area contributed by atoms with E-state index in [1.54, 1.807) is 0 Å². The van der Waals surface area contributed by atoms with Gasteiger partial charge in [-0.3, -0.25) is 5.10 Å². The summed E-state index contributed by atoms with van der Waals surface area (Å²) in [7, 11) is 0. The van der Waals surface area contributed by atoms with Crippen molar-refractivity contribution in [3.8, 4) is 5.75 Å². The van der Waals surface area contributed by atoms with Gasteiger partial charge in [-0.05, 0) is 38.5 Å². The van der Waals surface area contributed by atoms with Gasteiger partial charge in [-0.1, -0.05) is 12.1 Å².